The molecule has 0 aliphatic carbocycles. The van der Waals surface area contributed by atoms with E-state index in [4.69, 9.17) is 15.9 Å². The topological polar surface area (TPSA) is 82.8 Å². The highest BCUT2D eigenvalue weighted by molar-refractivity contribution is 5.99. The van der Waals surface area contributed by atoms with Crippen molar-refractivity contribution >= 4 is 22.8 Å². The number of fused-ring (bicyclic) bond motifs is 1. The first kappa shape index (κ1) is 21.4. The van der Waals surface area contributed by atoms with Gasteiger partial charge >= 0.3 is 5.69 Å². The zero-order valence-corrected chi connectivity index (χ0v) is 17.0. The quantitative estimate of drug-likeness (QED) is 0.398. The Hall–Kier alpha value is -3.33. The van der Waals surface area contributed by atoms with E-state index in [2.05, 4.69) is 17.8 Å². The SMILES string of the molecule is C#CCOCCOCC#Cc1ccc2c(c1)n(C)c(=O)n2C1CCC(=O)N(C)C1=O. The third kappa shape index (κ3) is 4.30. The van der Waals surface area contributed by atoms with Crippen molar-refractivity contribution < 1.29 is 19.1 Å². The van der Waals surface area contributed by atoms with Crippen LogP contribution in [-0.2, 0) is 26.1 Å². The van der Waals surface area contributed by atoms with Crippen LogP contribution in [0.2, 0.25) is 0 Å². The normalized spacial score (nSPS) is 16.4. The highest BCUT2D eigenvalue weighted by atomic mass is 16.5. The Morgan fingerprint density at radius 3 is 2.57 bits per heavy atom. The Labute approximate surface area is 174 Å². The zero-order chi connectivity index (χ0) is 21.7. The molecule has 8 nitrogen and oxygen atoms in total. The predicted octanol–water partition coefficient (Wildman–Crippen LogP) is 0.678. The maximum absolute atomic E-state index is 12.8. The number of piperidine rings is 1. The fourth-order valence-corrected chi connectivity index (χ4v) is 3.39. The van der Waals surface area contributed by atoms with Crippen molar-refractivity contribution in [2.75, 3.05) is 33.5 Å². The van der Waals surface area contributed by atoms with E-state index in [0.717, 1.165) is 10.5 Å². The Balaban J connectivity index is 1.77. The van der Waals surface area contributed by atoms with Gasteiger partial charge in [-0.25, -0.2) is 4.79 Å². The zero-order valence-electron chi connectivity index (χ0n) is 17.0. The molecular weight excluding hydrogens is 386 g/mol. The van der Waals surface area contributed by atoms with Crippen LogP contribution < -0.4 is 5.69 Å². The van der Waals surface area contributed by atoms with Crippen LogP contribution in [0.4, 0.5) is 0 Å². The lowest BCUT2D eigenvalue weighted by Gasteiger charge is -2.28. The summed E-state index contributed by atoms with van der Waals surface area (Å²) in [5.41, 5.74) is 1.73. The number of hydrogen-bond donors (Lipinski definition) is 0. The molecule has 2 heterocycles. The Kier molecular flexibility index (Phi) is 6.73. The van der Waals surface area contributed by atoms with Crippen molar-refractivity contribution in [3.05, 3.63) is 34.2 Å². The number of nitrogens with zero attached hydrogens (tertiary/aromatic N) is 3. The Morgan fingerprint density at radius 2 is 1.83 bits per heavy atom. The molecule has 2 aromatic rings. The predicted molar refractivity (Wildman–Crippen MR) is 111 cm³/mol. The average molecular weight is 409 g/mol. The molecule has 1 aromatic heterocycles. The van der Waals surface area contributed by atoms with Crippen LogP contribution in [0, 0.1) is 24.2 Å². The van der Waals surface area contributed by atoms with Crippen molar-refractivity contribution in [2.24, 2.45) is 7.05 Å². The van der Waals surface area contributed by atoms with Crippen LogP contribution in [0.1, 0.15) is 24.4 Å². The first-order valence-corrected chi connectivity index (χ1v) is 9.55. The molecule has 1 aromatic carbocycles. The van der Waals surface area contributed by atoms with Gasteiger partial charge in [0.25, 0.3) is 5.91 Å². The minimum absolute atomic E-state index is 0.229. The first-order chi connectivity index (χ1) is 14.5. The lowest BCUT2D eigenvalue weighted by Crippen LogP contribution is -2.45. The van der Waals surface area contributed by atoms with Crippen molar-refractivity contribution in [1.82, 2.24) is 14.0 Å². The summed E-state index contributed by atoms with van der Waals surface area (Å²) in [4.78, 5) is 38.3. The molecule has 0 saturated carbocycles. The molecule has 2 amide bonds. The van der Waals surface area contributed by atoms with Gasteiger partial charge in [-0.1, -0.05) is 17.8 Å². The monoisotopic (exact) mass is 409 g/mol. The van der Waals surface area contributed by atoms with Gasteiger partial charge in [-0.05, 0) is 24.6 Å². The van der Waals surface area contributed by atoms with Gasteiger partial charge < -0.3 is 9.47 Å². The van der Waals surface area contributed by atoms with Crippen LogP contribution in [0.5, 0.6) is 0 Å². The molecule has 1 aliphatic rings. The van der Waals surface area contributed by atoms with Gasteiger partial charge in [0, 0.05) is 26.1 Å². The van der Waals surface area contributed by atoms with E-state index in [-0.39, 0.29) is 37.1 Å². The second kappa shape index (κ2) is 9.45. The van der Waals surface area contributed by atoms with Crippen molar-refractivity contribution in [3.8, 4) is 24.2 Å². The smallest absolute Gasteiger partial charge is 0.329 e. The van der Waals surface area contributed by atoms with E-state index >= 15 is 0 Å². The molecule has 156 valence electrons. The number of amides is 2. The maximum atomic E-state index is 12.8. The summed E-state index contributed by atoms with van der Waals surface area (Å²) in [6.45, 7) is 1.31. The average Bonchev–Trinajstić information content (AvgIpc) is 2.99. The second-order valence-corrected chi connectivity index (χ2v) is 6.87. The molecule has 1 atom stereocenters. The molecule has 30 heavy (non-hydrogen) atoms. The summed E-state index contributed by atoms with van der Waals surface area (Å²) in [6.07, 6.45) is 5.62. The van der Waals surface area contributed by atoms with Gasteiger partial charge in [0.1, 0.15) is 19.3 Å². The lowest BCUT2D eigenvalue weighted by atomic mass is 10.0. The molecule has 0 bridgehead atoms. The fraction of sp³-hybridized carbons (Fsp3) is 0.409. The van der Waals surface area contributed by atoms with Gasteiger partial charge in [0.2, 0.25) is 5.91 Å². The summed E-state index contributed by atoms with van der Waals surface area (Å²) in [7, 11) is 3.10. The van der Waals surface area contributed by atoms with E-state index < -0.39 is 6.04 Å². The number of likely N-dealkylation sites (N-methyl/N-ethyl adjacent to an activating group) is 1. The molecule has 8 heteroatoms. The number of hydrogen-bond acceptors (Lipinski definition) is 5. The molecule has 0 spiro atoms. The van der Waals surface area contributed by atoms with Crippen molar-refractivity contribution in [1.29, 1.82) is 0 Å². The van der Waals surface area contributed by atoms with Crippen molar-refractivity contribution in [2.45, 2.75) is 18.9 Å². The van der Waals surface area contributed by atoms with E-state index in [0.29, 0.717) is 30.7 Å². The van der Waals surface area contributed by atoms with Crippen LogP contribution in [0.15, 0.2) is 23.0 Å². The van der Waals surface area contributed by atoms with Crippen LogP contribution in [0.25, 0.3) is 11.0 Å². The molecule has 0 N–H and O–H groups in total. The Bertz CT molecular complexity index is 1130. The Morgan fingerprint density at radius 1 is 1.10 bits per heavy atom. The molecule has 1 saturated heterocycles. The highest BCUT2D eigenvalue weighted by Crippen LogP contribution is 2.26. The molecule has 1 aliphatic heterocycles. The molecule has 3 rings (SSSR count). The van der Waals surface area contributed by atoms with E-state index in [1.807, 2.05) is 0 Å². The second-order valence-electron chi connectivity index (χ2n) is 6.87. The largest absolute Gasteiger partial charge is 0.366 e. The van der Waals surface area contributed by atoms with Gasteiger partial charge in [-0.3, -0.25) is 23.6 Å². The highest BCUT2D eigenvalue weighted by Gasteiger charge is 2.35. The number of benzene rings is 1. The van der Waals surface area contributed by atoms with Crippen LogP contribution >= 0.6 is 0 Å². The number of terminal acetylenes is 1. The molecule has 0 radical (unpaired) electrons. The number of aromatic nitrogens is 2. The number of ether oxygens (including phenoxy) is 2. The van der Waals surface area contributed by atoms with E-state index in [9.17, 15) is 14.4 Å². The molecular formula is C22H23N3O5. The van der Waals surface area contributed by atoms with Gasteiger partial charge in [0.05, 0.1) is 24.2 Å². The summed E-state index contributed by atoms with van der Waals surface area (Å²) in [5, 5.41) is 0. The number of imidazole rings is 1. The minimum Gasteiger partial charge on any atom is -0.366 e. The first-order valence-electron chi connectivity index (χ1n) is 9.55. The van der Waals surface area contributed by atoms with E-state index in [1.165, 1.54) is 16.2 Å². The standard InChI is InChI=1S/C22H23N3O5/c1-4-11-29-13-14-30-12-5-6-16-7-8-17-19(15-16)23(2)22(28)25(17)18-9-10-20(26)24(3)21(18)27/h1,7-8,15,18H,9-14H2,2-3H3. The maximum Gasteiger partial charge on any atom is 0.329 e. The lowest BCUT2D eigenvalue weighted by molar-refractivity contribution is -0.149. The van der Waals surface area contributed by atoms with Crippen molar-refractivity contribution in [3.63, 3.8) is 0 Å². The minimum atomic E-state index is -0.689. The molecule has 1 fully saturated rings. The number of carbonyl (C=O) groups is 2. The van der Waals surface area contributed by atoms with E-state index in [1.54, 1.807) is 25.2 Å². The number of carbonyl (C=O) groups excluding carboxylic acids is 2. The summed E-state index contributed by atoms with van der Waals surface area (Å²) in [5.74, 6) is 7.70. The third-order valence-corrected chi connectivity index (χ3v) is 4.99. The summed E-state index contributed by atoms with van der Waals surface area (Å²) < 4.78 is 13.4. The van der Waals surface area contributed by atoms with Gasteiger partial charge in [-0.15, -0.1) is 6.42 Å². The molecule has 1 unspecified atom stereocenters. The fourth-order valence-electron chi connectivity index (χ4n) is 3.39. The number of rotatable bonds is 6. The summed E-state index contributed by atoms with van der Waals surface area (Å²) in [6, 6.07) is 4.69. The van der Waals surface area contributed by atoms with Gasteiger partial charge in [-0.2, -0.15) is 0 Å². The number of likely N-dealkylation sites (tertiary alicyclic amines) is 1. The third-order valence-electron chi connectivity index (χ3n) is 4.99. The summed E-state index contributed by atoms with van der Waals surface area (Å²) >= 11 is 0. The van der Waals surface area contributed by atoms with Crippen LogP contribution in [0.3, 0.4) is 0 Å². The number of aryl methyl sites for hydroxylation is 1. The number of imide groups is 1. The van der Waals surface area contributed by atoms with Crippen LogP contribution in [-0.4, -0.2) is 59.3 Å². The van der Waals surface area contributed by atoms with Gasteiger partial charge in [0.15, 0.2) is 0 Å².